The van der Waals surface area contributed by atoms with Crippen LogP contribution in [0.25, 0.3) is 0 Å². The summed E-state index contributed by atoms with van der Waals surface area (Å²) in [6, 6.07) is 17.9. The molecule has 4 aromatic rings. The Kier molecular flexibility index (Phi) is 12.7. The number of methoxy groups -OCH3 is 1. The number of carbonyl (C=O) groups is 4. The van der Waals surface area contributed by atoms with Crippen LogP contribution in [0, 0.1) is 0 Å². The molecule has 5 heterocycles. The number of halogens is 1. The summed E-state index contributed by atoms with van der Waals surface area (Å²) in [6.07, 6.45) is 5.10. The second kappa shape index (κ2) is 18.4. The molecule has 1 aromatic heterocycles. The first kappa shape index (κ1) is 43.6. The summed E-state index contributed by atoms with van der Waals surface area (Å²) in [7, 11) is -0.422. The number of nitrogens with zero attached hydrogens (tertiary/aromatic N) is 7. The zero-order valence-electron chi connectivity index (χ0n) is 35.3. The van der Waals surface area contributed by atoms with Gasteiger partial charge in [0.2, 0.25) is 33.7 Å². The van der Waals surface area contributed by atoms with E-state index in [0.717, 1.165) is 69.6 Å². The molecular weight excluding hydrogens is 850 g/mol. The number of aromatic nitrogens is 2. The minimum atomic E-state index is -3.51. The Bertz CT molecular complexity index is 2530. The number of fused-ring (bicyclic) bond motifs is 1. The van der Waals surface area contributed by atoms with E-state index >= 15 is 0 Å². The van der Waals surface area contributed by atoms with E-state index in [9.17, 15) is 27.6 Å². The van der Waals surface area contributed by atoms with Crippen molar-refractivity contribution in [2.45, 2.75) is 44.3 Å². The van der Waals surface area contributed by atoms with Gasteiger partial charge in [-0.2, -0.15) is 4.98 Å². The van der Waals surface area contributed by atoms with Crippen LogP contribution in [0.4, 0.5) is 40.2 Å². The number of hydrogen-bond acceptors (Lipinski definition) is 14. The van der Waals surface area contributed by atoms with Crippen molar-refractivity contribution in [2.75, 3.05) is 91.4 Å². The van der Waals surface area contributed by atoms with Crippen molar-refractivity contribution in [3.63, 3.8) is 0 Å². The van der Waals surface area contributed by atoms with E-state index in [-0.39, 0.29) is 48.2 Å². The van der Waals surface area contributed by atoms with E-state index in [1.165, 1.54) is 22.4 Å². The van der Waals surface area contributed by atoms with Gasteiger partial charge in [0.15, 0.2) is 5.82 Å². The number of ether oxygens (including phenoxy) is 1. The molecule has 1 atom stereocenters. The minimum absolute atomic E-state index is 0.125. The largest absolute Gasteiger partial charge is 0.494 e. The Labute approximate surface area is 371 Å². The van der Waals surface area contributed by atoms with Crippen LogP contribution in [-0.4, -0.2) is 135 Å². The van der Waals surface area contributed by atoms with Crippen LogP contribution < -0.4 is 35.2 Å². The average Bonchev–Trinajstić information content (AvgIpc) is 3.59. The molecular formula is C43H50ClN11O7S. The molecule has 0 radical (unpaired) electrons. The summed E-state index contributed by atoms with van der Waals surface area (Å²) >= 11 is 6.47. The highest BCUT2D eigenvalue weighted by Crippen LogP contribution is 2.36. The normalized spacial score (nSPS) is 18.8. The third-order valence-corrected chi connectivity index (χ3v) is 13.6. The van der Waals surface area contributed by atoms with Gasteiger partial charge < -0.3 is 30.5 Å². The van der Waals surface area contributed by atoms with E-state index in [4.69, 9.17) is 16.3 Å². The maximum atomic E-state index is 13.1. The lowest BCUT2D eigenvalue weighted by molar-refractivity contribution is -0.137. The first-order chi connectivity index (χ1) is 30.2. The number of piperazine rings is 1. The third-order valence-electron chi connectivity index (χ3n) is 12.1. The molecule has 4 aliphatic heterocycles. The number of imide groups is 1. The maximum Gasteiger partial charge on any atom is 0.255 e. The molecule has 0 saturated carbocycles. The summed E-state index contributed by atoms with van der Waals surface area (Å²) in [5, 5.41) is 11.9. The predicted molar refractivity (Wildman–Crippen MR) is 241 cm³/mol. The Morgan fingerprint density at radius 3 is 2.44 bits per heavy atom. The number of piperidine rings is 2. The SMILES string of the molecule is COc1cc(N2CCC(N3CCN(CC(=O)Nc4ccc5c(c4)CN(C4CCC(=O)NC4=O)C5=O)CC3)CC2)ccc1Nc1ncc(Cl)c(Nc2ccccc2N(C)S(C)(=O)=O)n1. The standard InChI is InChI=1S/C43H50ClN11O7S/c1-51(63(3,60)61)35-7-5-4-6-33(35)47-40-32(44)24-45-43(50-40)48-34-11-9-30(23-37(34)62-2)53-16-14-29(15-17-53)54-20-18-52(19-21-54)26-39(57)46-28-8-10-31-27(22-28)25-55(42(31)59)36-12-13-38(56)49-41(36)58/h4-11,22-24,29,36H,12-21,25-26H2,1-3H3,(H,46,57)(H,49,56,58)(H2,45,47,48,50). The van der Waals surface area contributed by atoms with Crippen molar-refractivity contribution in [1.29, 1.82) is 0 Å². The fourth-order valence-electron chi connectivity index (χ4n) is 8.61. The lowest BCUT2D eigenvalue weighted by Crippen LogP contribution is -2.54. The van der Waals surface area contributed by atoms with Crippen molar-refractivity contribution in [3.05, 3.63) is 83.0 Å². The first-order valence-corrected chi connectivity index (χ1v) is 23.0. The van der Waals surface area contributed by atoms with Crippen molar-refractivity contribution in [2.24, 2.45) is 0 Å². The van der Waals surface area contributed by atoms with Gasteiger partial charge in [-0.25, -0.2) is 13.4 Å². The van der Waals surface area contributed by atoms with Crippen LogP contribution in [0.15, 0.2) is 66.9 Å². The summed E-state index contributed by atoms with van der Waals surface area (Å²) in [5.74, 6) is 0.0272. The number of rotatable bonds is 13. The number of nitrogens with one attached hydrogen (secondary N) is 4. The van der Waals surface area contributed by atoms with Crippen LogP contribution in [-0.2, 0) is 31.0 Å². The highest BCUT2D eigenvalue weighted by molar-refractivity contribution is 7.92. The number of hydrogen-bond donors (Lipinski definition) is 4. The molecule has 1 unspecified atom stereocenters. The van der Waals surface area contributed by atoms with Crippen molar-refractivity contribution >= 4 is 85.5 Å². The number of anilines is 7. The lowest BCUT2D eigenvalue weighted by Gasteiger charge is -2.43. The number of benzene rings is 3. The van der Waals surface area contributed by atoms with Gasteiger partial charge in [-0.15, -0.1) is 0 Å². The lowest BCUT2D eigenvalue weighted by atomic mass is 10.0. The molecule has 63 heavy (non-hydrogen) atoms. The number of sulfonamides is 1. The fraction of sp³-hybridized carbons (Fsp3) is 0.395. The summed E-state index contributed by atoms with van der Waals surface area (Å²) in [5.41, 5.74) is 4.49. The van der Waals surface area contributed by atoms with Crippen LogP contribution in [0.1, 0.15) is 41.6 Å². The van der Waals surface area contributed by atoms with Gasteiger partial charge in [-0.1, -0.05) is 23.7 Å². The smallest absolute Gasteiger partial charge is 0.255 e. The molecule has 18 nitrogen and oxygen atoms in total. The second-order valence-corrected chi connectivity index (χ2v) is 18.5. The molecule has 8 rings (SSSR count). The number of amides is 4. The summed E-state index contributed by atoms with van der Waals surface area (Å²) in [6.45, 7) is 5.58. The molecule has 4 amide bonds. The number of para-hydroxylation sites is 2. The van der Waals surface area contributed by atoms with Gasteiger partial charge in [0, 0.05) is 88.3 Å². The van der Waals surface area contributed by atoms with Crippen LogP contribution in [0.5, 0.6) is 5.75 Å². The monoisotopic (exact) mass is 899 g/mol. The first-order valence-electron chi connectivity index (χ1n) is 20.8. The van der Waals surface area contributed by atoms with Crippen molar-refractivity contribution < 1.29 is 32.3 Å². The molecule has 332 valence electrons. The van der Waals surface area contributed by atoms with Gasteiger partial charge in [0.05, 0.1) is 43.2 Å². The van der Waals surface area contributed by atoms with Gasteiger partial charge in [0.1, 0.15) is 16.8 Å². The van der Waals surface area contributed by atoms with E-state index in [1.54, 1.807) is 49.6 Å². The van der Waals surface area contributed by atoms with E-state index in [0.29, 0.717) is 52.3 Å². The average molecular weight is 900 g/mol. The van der Waals surface area contributed by atoms with Gasteiger partial charge >= 0.3 is 0 Å². The third kappa shape index (κ3) is 9.81. The topological polar surface area (TPSA) is 202 Å². The Balaban J connectivity index is 0.802. The highest BCUT2D eigenvalue weighted by Gasteiger charge is 2.39. The van der Waals surface area contributed by atoms with Crippen LogP contribution in [0.2, 0.25) is 5.02 Å². The van der Waals surface area contributed by atoms with Crippen LogP contribution >= 0.6 is 11.6 Å². The van der Waals surface area contributed by atoms with Gasteiger partial charge in [0.25, 0.3) is 5.91 Å². The Hall–Kier alpha value is -6.02. The van der Waals surface area contributed by atoms with Gasteiger partial charge in [-0.3, -0.25) is 38.6 Å². The van der Waals surface area contributed by atoms with Crippen molar-refractivity contribution in [3.8, 4) is 5.75 Å². The fourth-order valence-corrected chi connectivity index (χ4v) is 9.26. The molecule has 4 aliphatic rings. The van der Waals surface area contributed by atoms with Crippen LogP contribution in [0.3, 0.4) is 0 Å². The summed E-state index contributed by atoms with van der Waals surface area (Å²) < 4.78 is 31.5. The zero-order valence-corrected chi connectivity index (χ0v) is 36.8. The molecule has 4 N–H and O–H groups in total. The molecule has 20 heteroatoms. The molecule has 3 saturated heterocycles. The van der Waals surface area contributed by atoms with E-state index in [1.807, 2.05) is 18.2 Å². The van der Waals surface area contributed by atoms with Gasteiger partial charge in [-0.05, 0) is 67.3 Å². The zero-order chi connectivity index (χ0) is 44.4. The number of carbonyl (C=O) groups excluding carboxylic acids is 4. The van der Waals surface area contributed by atoms with E-state index in [2.05, 4.69) is 45.9 Å². The predicted octanol–water partition coefficient (Wildman–Crippen LogP) is 4.01. The molecule has 0 aliphatic carbocycles. The highest BCUT2D eigenvalue weighted by atomic mass is 35.5. The second-order valence-electron chi connectivity index (χ2n) is 16.1. The maximum absolute atomic E-state index is 13.1. The quantitative estimate of drug-likeness (QED) is 0.140. The molecule has 0 spiro atoms. The molecule has 0 bridgehead atoms. The molecule has 3 fully saturated rings. The molecule has 3 aromatic carbocycles. The Morgan fingerprint density at radius 1 is 0.952 bits per heavy atom. The Morgan fingerprint density at radius 2 is 1.71 bits per heavy atom. The summed E-state index contributed by atoms with van der Waals surface area (Å²) in [4.78, 5) is 67.6. The minimum Gasteiger partial charge on any atom is -0.494 e. The van der Waals surface area contributed by atoms with E-state index < -0.39 is 22.0 Å². The van der Waals surface area contributed by atoms with Crippen molar-refractivity contribution in [1.82, 2.24) is 30.0 Å².